The first kappa shape index (κ1) is 14.8. The van der Waals surface area contributed by atoms with E-state index >= 15 is 0 Å². The van der Waals surface area contributed by atoms with Gasteiger partial charge in [-0.2, -0.15) is 12.7 Å². The van der Waals surface area contributed by atoms with E-state index in [1.54, 1.807) is 0 Å². The first-order valence-corrected chi connectivity index (χ1v) is 7.75. The third kappa shape index (κ3) is 4.17. The Bertz CT molecular complexity index is 370. The number of nitrogens with zero attached hydrogens (tertiary/aromatic N) is 1. The second-order valence-corrected chi connectivity index (χ2v) is 6.79. The minimum absolute atomic E-state index is 0.0707. The molecule has 1 aliphatic rings. The van der Waals surface area contributed by atoms with Crippen LogP contribution in [0.4, 0.5) is 0 Å². The molecule has 7 heteroatoms. The lowest BCUT2D eigenvalue weighted by Gasteiger charge is -2.32. The van der Waals surface area contributed by atoms with Gasteiger partial charge in [-0.05, 0) is 19.8 Å². The van der Waals surface area contributed by atoms with Crippen LogP contribution >= 0.6 is 12.2 Å². The van der Waals surface area contributed by atoms with Crippen molar-refractivity contribution in [2.24, 2.45) is 11.7 Å². The molecule has 0 radical (unpaired) electrons. The summed E-state index contributed by atoms with van der Waals surface area (Å²) >= 11 is 4.82. The smallest absolute Gasteiger partial charge is 0.279 e. The van der Waals surface area contributed by atoms with Gasteiger partial charge < -0.3 is 5.73 Å². The number of rotatable bonds is 5. The third-order valence-corrected chi connectivity index (χ3v) is 5.20. The van der Waals surface area contributed by atoms with Crippen LogP contribution in [0.25, 0.3) is 0 Å². The highest BCUT2D eigenvalue weighted by atomic mass is 32.2. The Hall–Kier alpha value is -0.240. The van der Waals surface area contributed by atoms with Gasteiger partial charge in [-0.3, -0.25) is 0 Å². The predicted octanol–water partition coefficient (Wildman–Crippen LogP) is 0.617. The fraction of sp³-hybridized carbons (Fsp3) is 0.900. The van der Waals surface area contributed by atoms with Crippen molar-refractivity contribution < 1.29 is 8.42 Å². The van der Waals surface area contributed by atoms with Gasteiger partial charge in [-0.15, -0.1) is 0 Å². The molecule has 0 saturated carbocycles. The van der Waals surface area contributed by atoms with Crippen LogP contribution < -0.4 is 10.5 Å². The number of thiocarbonyl (C=S) groups is 1. The van der Waals surface area contributed by atoms with E-state index in [9.17, 15) is 8.42 Å². The van der Waals surface area contributed by atoms with Crippen molar-refractivity contribution in [1.82, 2.24) is 9.03 Å². The molecule has 1 rings (SSSR count). The van der Waals surface area contributed by atoms with Crippen LogP contribution in [0.1, 0.15) is 33.1 Å². The average Bonchev–Trinajstić information content (AvgIpc) is 2.26. The normalized spacial score (nSPS) is 24.5. The largest absolute Gasteiger partial charge is 0.393 e. The monoisotopic (exact) mass is 279 g/mol. The van der Waals surface area contributed by atoms with Gasteiger partial charge in [-0.25, -0.2) is 4.72 Å². The molecule has 1 saturated heterocycles. The summed E-state index contributed by atoms with van der Waals surface area (Å²) in [4.78, 5) is 0.333. The molecular weight excluding hydrogens is 258 g/mol. The summed E-state index contributed by atoms with van der Waals surface area (Å²) in [6.45, 7) is 4.61. The van der Waals surface area contributed by atoms with Crippen LogP contribution in [0, 0.1) is 5.92 Å². The van der Waals surface area contributed by atoms with Crippen molar-refractivity contribution in [3.8, 4) is 0 Å². The predicted molar refractivity (Wildman–Crippen MR) is 72.9 cm³/mol. The van der Waals surface area contributed by atoms with E-state index in [-0.39, 0.29) is 18.5 Å². The Morgan fingerprint density at radius 2 is 2.24 bits per heavy atom. The average molecular weight is 279 g/mol. The van der Waals surface area contributed by atoms with Gasteiger partial charge in [0.15, 0.2) is 0 Å². The van der Waals surface area contributed by atoms with E-state index in [2.05, 4.69) is 4.72 Å². The van der Waals surface area contributed by atoms with Crippen LogP contribution in [0.2, 0.25) is 0 Å². The van der Waals surface area contributed by atoms with E-state index in [0.717, 1.165) is 19.3 Å². The standard InChI is InChI=1S/C10H21N3O2S2/c1-8(10(11)16)7-12-17(14,15)13-6-4-3-5-9(13)2/h8-9,12H,3-7H2,1-2H3,(H2,11,16). The van der Waals surface area contributed by atoms with Gasteiger partial charge in [0.25, 0.3) is 10.2 Å². The minimum atomic E-state index is -3.39. The Morgan fingerprint density at radius 3 is 2.76 bits per heavy atom. The molecule has 1 fully saturated rings. The van der Waals surface area contributed by atoms with Crippen molar-refractivity contribution >= 4 is 27.4 Å². The molecule has 1 heterocycles. The van der Waals surface area contributed by atoms with Crippen LogP contribution in [0.15, 0.2) is 0 Å². The number of piperidine rings is 1. The van der Waals surface area contributed by atoms with Gasteiger partial charge in [0.2, 0.25) is 0 Å². The molecule has 2 unspecified atom stereocenters. The van der Waals surface area contributed by atoms with Crippen LogP contribution in [0.3, 0.4) is 0 Å². The summed E-state index contributed by atoms with van der Waals surface area (Å²) in [5.41, 5.74) is 5.45. The Kier molecular flexibility index (Phi) is 5.30. The molecule has 0 aromatic rings. The summed E-state index contributed by atoms with van der Waals surface area (Å²) in [6.07, 6.45) is 2.94. The molecule has 0 aromatic carbocycles. The summed E-state index contributed by atoms with van der Waals surface area (Å²) in [6, 6.07) is 0.0707. The van der Waals surface area contributed by atoms with Gasteiger partial charge in [0.1, 0.15) is 0 Å². The fourth-order valence-corrected chi connectivity index (χ4v) is 3.50. The van der Waals surface area contributed by atoms with E-state index in [1.165, 1.54) is 4.31 Å². The molecular formula is C10H21N3O2S2. The zero-order valence-corrected chi connectivity index (χ0v) is 12.0. The number of hydrogen-bond donors (Lipinski definition) is 2. The third-order valence-electron chi connectivity index (χ3n) is 3.11. The number of hydrogen-bond acceptors (Lipinski definition) is 3. The molecule has 1 aliphatic heterocycles. The molecule has 0 amide bonds. The van der Waals surface area contributed by atoms with Gasteiger partial charge >= 0.3 is 0 Å². The van der Waals surface area contributed by atoms with E-state index in [4.69, 9.17) is 18.0 Å². The van der Waals surface area contributed by atoms with Gasteiger partial charge in [0, 0.05) is 25.0 Å². The summed E-state index contributed by atoms with van der Waals surface area (Å²) in [7, 11) is -3.39. The lowest BCUT2D eigenvalue weighted by Crippen LogP contribution is -2.49. The topological polar surface area (TPSA) is 75.4 Å². The summed E-state index contributed by atoms with van der Waals surface area (Å²) in [5, 5.41) is 0. The van der Waals surface area contributed by atoms with Gasteiger partial charge in [-0.1, -0.05) is 25.6 Å². The molecule has 3 N–H and O–H groups in total. The Morgan fingerprint density at radius 1 is 1.59 bits per heavy atom. The second kappa shape index (κ2) is 6.08. The Labute approximate surface area is 109 Å². The van der Waals surface area contributed by atoms with Crippen LogP contribution in [0.5, 0.6) is 0 Å². The van der Waals surface area contributed by atoms with Crippen molar-refractivity contribution in [2.45, 2.75) is 39.2 Å². The first-order valence-electron chi connectivity index (χ1n) is 5.90. The second-order valence-electron chi connectivity index (χ2n) is 4.61. The fourth-order valence-electron chi connectivity index (χ4n) is 1.84. The molecule has 0 aliphatic carbocycles. The summed E-state index contributed by atoms with van der Waals surface area (Å²) < 4.78 is 28.2. The zero-order valence-electron chi connectivity index (χ0n) is 10.3. The molecule has 0 bridgehead atoms. The maximum Gasteiger partial charge on any atom is 0.279 e. The molecule has 0 spiro atoms. The molecule has 17 heavy (non-hydrogen) atoms. The highest BCUT2D eigenvalue weighted by molar-refractivity contribution is 7.87. The van der Waals surface area contributed by atoms with Crippen molar-refractivity contribution in [1.29, 1.82) is 0 Å². The molecule has 5 nitrogen and oxygen atoms in total. The van der Waals surface area contributed by atoms with Crippen LogP contribution in [-0.4, -0.2) is 36.8 Å². The molecule has 100 valence electrons. The summed E-state index contributed by atoms with van der Waals surface area (Å²) in [5.74, 6) is -0.125. The molecule has 2 atom stereocenters. The van der Waals surface area contributed by atoms with Crippen molar-refractivity contribution in [2.75, 3.05) is 13.1 Å². The first-order chi connectivity index (χ1) is 7.84. The lowest BCUT2D eigenvalue weighted by atomic mass is 10.1. The number of nitrogens with one attached hydrogen (secondary N) is 1. The number of nitrogens with two attached hydrogens (primary N) is 1. The lowest BCUT2D eigenvalue weighted by molar-refractivity contribution is 0.265. The van der Waals surface area contributed by atoms with Crippen LogP contribution in [-0.2, 0) is 10.2 Å². The highest BCUT2D eigenvalue weighted by Crippen LogP contribution is 2.19. The highest BCUT2D eigenvalue weighted by Gasteiger charge is 2.29. The van der Waals surface area contributed by atoms with E-state index in [1.807, 2.05) is 13.8 Å². The van der Waals surface area contributed by atoms with Gasteiger partial charge in [0.05, 0.1) is 4.99 Å². The SMILES string of the molecule is CC(CNS(=O)(=O)N1CCCCC1C)C(N)=S. The van der Waals surface area contributed by atoms with Crippen molar-refractivity contribution in [3.05, 3.63) is 0 Å². The Balaban J connectivity index is 2.58. The zero-order chi connectivity index (χ0) is 13.1. The van der Waals surface area contributed by atoms with Crippen molar-refractivity contribution in [3.63, 3.8) is 0 Å². The molecule has 0 aromatic heterocycles. The van der Waals surface area contributed by atoms with E-state index < -0.39 is 10.2 Å². The quantitative estimate of drug-likeness (QED) is 0.723. The minimum Gasteiger partial charge on any atom is -0.393 e. The maximum absolute atomic E-state index is 12.1. The van der Waals surface area contributed by atoms with E-state index in [0.29, 0.717) is 11.5 Å². The maximum atomic E-state index is 12.1.